The molecule has 3 heteroatoms. The molecule has 0 bridgehead atoms. The average Bonchev–Trinajstić information content (AvgIpc) is 2.10. The molecule has 0 heterocycles. The minimum absolute atomic E-state index is 0.00956. The number of likely N-dealkylation sites (N-methyl/N-ethyl adjacent to an activating group) is 1. The molecule has 0 aromatic rings. The highest BCUT2D eigenvalue weighted by Crippen LogP contribution is 1.96. The number of nitrogens with zero attached hydrogens (tertiary/aromatic N) is 1. The van der Waals surface area contributed by atoms with Crippen LogP contribution >= 0.6 is 0 Å². The van der Waals surface area contributed by atoms with Crippen molar-refractivity contribution in [2.45, 2.75) is 19.8 Å². The van der Waals surface area contributed by atoms with Crippen molar-refractivity contribution in [3.63, 3.8) is 0 Å². The average molecular weight is 169 g/mol. The van der Waals surface area contributed by atoms with Crippen LogP contribution in [-0.4, -0.2) is 35.6 Å². The largest absolute Gasteiger partial charge is 0.395 e. The number of hydrogen-bond donors (Lipinski definition) is 1. The first-order valence-corrected chi connectivity index (χ1v) is 4.08. The summed E-state index contributed by atoms with van der Waals surface area (Å²) in [7, 11) is 0. The second-order valence-corrected chi connectivity index (χ2v) is 2.40. The molecule has 0 aromatic carbocycles. The van der Waals surface area contributed by atoms with Gasteiger partial charge in [-0.25, -0.2) is 0 Å². The Balaban J connectivity index is 3.78. The van der Waals surface area contributed by atoms with Crippen molar-refractivity contribution in [2.24, 2.45) is 0 Å². The number of carbonyl (C=O) groups excluding carboxylic acids is 1. The van der Waals surface area contributed by atoms with Gasteiger partial charge in [0, 0.05) is 25.9 Å². The van der Waals surface area contributed by atoms with E-state index in [-0.39, 0.29) is 12.5 Å². The van der Waals surface area contributed by atoms with E-state index < -0.39 is 0 Å². The maximum absolute atomic E-state index is 11.2. The highest BCUT2D eigenvalue weighted by atomic mass is 16.3. The van der Waals surface area contributed by atoms with E-state index in [0.29, 0.717) is 25.9 Å². The first-order chi connectivity index (χ1) is 5.76. The molecule has 0 fully saturated rings. The molecular weight excluding hydrogens is 154 g/mol. The van der Waals surface area contributed by atoms with Crippen LogP contribution in [0.1, 0.15) is 19.8 Å². The maximum Gasteiger partial charge on any atom is 0.223 e. The second-order valence-electron chi connectivity index (χ2n) is 2.40. The van der Waals surface area contributed by atoms with Crippen molar-refractivity contribution in [2.75, 3.05) is 19.7 Å². The van der Waals surface area contributed by atoms with Crippen molar-refractivity contribution in [1.29, 1.82) is 0 Å². The lowest BCUT2D eigenvalue weighted by atomic mass is 10.3. The lowest BCUT2D eigenvalue weighted by Gasteiger charge is -2.18. The molecule has 0 aromatic heterocycles. The summed E-state index contributed by atoms with van der Waals surface area (Å²) < 4.78 is 0. The molecule has 68 valence electrons. The smallest absolute Gasteiger partial charge is 0.223 e. The summed E-state index contributed by atoms with van der Waals surface area (Å²) in [6.07, 6.45) is 5.87. The molecule has 0 unspecified atom stereocenters. The zero-order chi connectivity index (χ0) is 9.40. The number of aliphatic hydroxyl groups excluding tert-OH is 1. The summed E-state index contributed by atoms with van der Waals surface area (Å²) >= 11 is 0. The van der Waals surface area contributed by atoms with Crippen LogP contribution in [0.2, 0.25) is 0 Å². The highest BCUT2D eigenvalue weighted by molar-refractivity contribution is 5.76. The molecule has 0 spiro atoms. The van der Waals surface area contributed by atoms with Crippen molar-refractivity contribution < 1.29 is 9.90 Å². The van der Waals surface area contributed by atoms with Crippen LogP contribution in [0.25, 0.3) is 0 Å². The van der Waals surface area contributed by atoms with Gasteiger partial charge in [-0.2, -0.15) is 0 Å². The van der Waals surface area contributed by atoms with E-state index in [1.165, 1.54) is 0 Å². The van der Waals surface area contributed by atoms with Gasteiger partial charge in [-0.15, -0.1) is 12.3 Å². The third kappa shape index (κ3) is 3.99. The zero-order valence-corrected chi connectivity index (χ0v) is 7.42. The van der Waals surface area contributed by atoms with Crippen molar-refractivity contribution in [1.82, 2.24) is 4.90 Å². The van der Waals surface area contributed by atoms with E-state index in [9.17, 15) is 4.79 Å². The van der Waals surface area contributed by atoms with Crippen LogP contribution in [0.15, 0.2) is 0 Å². The van der Waals surface area contributed by atoms with Gasteiger partial charge in [0.1, 0.15) is 0 Å². The van der Waals surface area contributed by atoms with Crippen LogP contribution in [0, 0.1) is 12.3 Å². The molecular formula is C9H15NO2. The van der Waals surface area contributed by atoms with Gasteiger partial charge in [0.25, 0.3) is 0 Å². The first-order valence-electron chi connectivity index (χ1n) is 4.08. The summed E-state index contributed by atoms with van der Waals surface area (Å²) in [6, 6.07) is 0. The lowest BCUT2D eigenvalue weighted by Crippen LogP contribution is -2.32. The molecule has 0 aliphatic rings. The number of rotatable bonds is 5. The quantitative estimate of drug-likeness (QED) is 0.599. The minimum atomic E-state index is 0.00956. The Morgan fingerprint density at radius 3 is 2.75 bits per heavy atom. The molecule has 0 radical (unpaired) electrons. The fourth-order valence-electron chi connectivity index (χ4n) is 0.917. The van der Waals surface area contributed by atoms with Gasteiger partial charge >= 0.3 is 0 Å². The first kappa shape index (κ1) is 11.0. The standard InChI is InChI=1S/C9H15NO2/c1-3-5-6-9(12)10(4-2)7-8-11/h1,11H,4-8H2,2H3. The van der Waals surface area contributed by atoms with Crippen molar-refractivity contribution in [3.8, 4) is 12.3 Å². The third-order valence-electron chi connectivity index (χ3n) is 1.59. The van der Waals surface area contributed by atoms with Crippen LogP contribution in [0.5, 0.6) is 0 Å². The predicted molar refractivity (Wildman–Crippen MR) is 47.4 cm³/mol. The van der Waals surface area contributed by atoms with Crippen LogP contribution in [0.4, 0.5) is 0 Å². The molecule has 12 heavy (non-hydrogen) atoms. The van der Waals surface area contributed by atoms with Gasteiger partial charge in [0.15, 0.2) is 0 Å². The molecule has 0 rings (SSSR count). The monoisotopic (exact) mass is 169 g/mol. The van der Waals surface area contributed by atoms with Crippen molar-refractivity contribution in [3.05, 3.63) is 0 Å². The summed E-state index contributed by atoms with van der Waals surface area (Å²) in [5, 5.41) is 8.61. The Kier molecular flexibility index (Phi) is 6.12. The van der Waals surface area contributed by atoms with Gasteiger partial charge in [0.2, 0.25) is 5.91 Å². The third-order valence-corrected chi connectivity index (χ3v) is 1.59. The molecule has 0 aliphatic carbocycles. The Bertz CT molecular complexity index is 172. The van der Waals surface area contributed by atoms with Gasteiger partial charge in [-0.05, 0) is 6.92 Å². The fourth-order valence-corrected chi connectivity index (χ4v) is 0.917. The SMILES string of the molecule is C#CCCC(=O)N(CC)CCO. The normalized spacial score (nSPS) is 9.08. The van der Waals surface area contributed by atoms with Crippen LogP contribution < -0.4 is 0 Å². The summed E-state index contributed by atoms with van der Waals surface area (Å²) in [5.74, 6) is 2.43. The number of hydrogen-bond acceptors (Lipinski definition) is 2. The number of carbonyl (C=O) groups is 1. The maximum atomic E-state index is 11.2. The number of aliphatic hydroxyl groups is 1. The molecule has 3 nitrogen and oxygen atoms in total. The van der Waals surface area contributed by atoms with E-state index in [1.54, 1.807) is 4.90 Å². The van der Waals surface area contributed by atoms with E-state index in [0.717, 1.165) is 0 Å². The van der Waals surface area contributed by atoms with Gasteiger partial charge in [0.05, 0.1) is 6.61 Å². The summed E-state index contributed by atoms with van der Waals surface area (Å²) in [5.41, 5.74) is 0. The lowest BCUT2D eigenvalue weighted by molar-refractivity contribution is -0.131. The van der Waals surface area contributed by atoms with Crippen LogP contribution in [0.3, 0.4) is 0 Å². The predicted octanol–water partition coefficient (Wildman–Crippen LogP) is 0.241. The Morgan fingerprint density at radius 2 is 2.33 bits per heavy atom. The Labute approximate surface area is 73.4 Å². The van der Waals surface area contributed by atoms with Crippen molar-refractivity contribution >= 4 is 5.91 Å². The minimum Gasteiger partial charge on any atom is -0.395 e. The molecule has 0 atom stereocenters. The van der Waals surface area contributed by atoms with Gasteiger partial charge in [-0.1, -0.05) is 0 Å². The molecule has 1 amide bonds. The van der Waals surface area contributed by atoms with E-state index in [4.69, 9.17) is 11.5 Å². The summed E-state index contributed by atoms with van der Waals surface area (Å²) in [4.78, 5) is 12.8. The van der Waals surface area contributed by atoms with E-state index in [2.05, 4.69) is 5.92 Å². The van der Waals surface area contributed by atoms with E-state index >= 15 is 0 Å². The molecule has 1 N–H and O–H groups in total. The molecule has 0 saturated carbocycles. The van der Waals surface area contributed by atoms with Crippen LogP contribution in [-0.2, 0) is 4.79 Å². The molecule has 0 saturated heterocycles. The zero-order valence-electron chi connectivity index (χ0n) is 7.42. The Hall–Kier alpha value is -1.01. The number of amides is 1. The van der Waals surface area contributed by atoms with Gasteiger partial charge in [-0.3, -0.25) is 4.79 Å². The van der Waals surface area contributed by atoms with E-state index in [1.807, 2.05) is 6.92 Å². The highest BCUT2D eigenvalue weighted by Gasteiger charge is 2.08. The molecule has 0 aliphatic heterocycles. The summed E-state index contributed by atoms with van der Waals surface area (Å²) in [6.45, 7) is 2.92. The second kappa shape index (κ2) is 6.68. The number of terminal acetylenes is 1. The Morgan fingerprint density at radius 1 is 1.67 bits per heavy atom. The van der Waals surface area contributed by atoms with Gasteiger partial charge < -0.3 is 10.0 Å². The topological polar surface area (TPSA) is 40.5 Å². The fraction of sp³-hybridized carbons (Fsp3) is 0.667.